The Morgan fingerprint density at radius 1 is 0.632 bits per heavy atom. The van der Waals surface area contributed by atoms with Crippen LogP contribution in [-0.2, 0) is 25.9 Å². The molecule has 0 bridgehead atoms. The fourth-order valence-corrected chi connectivity index (χ4v) is 5.43. The van der Waals surface area contributed by atoms with Crippen molar-refractivity contribution < 1.29 is 9.47 Å². The number of anilines is 2. The van der Waals surface area contributed by atoms with E-state index in [0.29, 0.717) is 25.9 Å². The molecule has 0 aliphatic heterocycles. The van der Waals surface area contributed by atoms with Gasteiger partial charge in [-0.05, 0) is 48.5 Å². The Labute approximate surface area is 225 Å². The molecule has 38 heavy (non-hydrogen) atoms. The van der Waals surface area contributed by atoms with Gasteiger partial charge in [0.2, 0.25) is 9.92 Å². The van der Waals surface area contributed by atoms with Gasteiger partial charge in [-0.25, -0.2) is 0 Å². The minimum Gasteiger partial charge on any atom is -0.497 e. The number of nitrogens with one attached hydrogen (secondary N) is 2. The quantitative estimate of drug-likeness (QED) is 0.247. The van der Waals surface area contributed by atoms with Gasteiger partial charge in [0, 0.05) is 24.2 Å². The van der Waals surface area contributed by atoms with Crippen LogP contribution < -0.4 is 20.1 Å². The molecule has 4 heterocycles. The van der Waals surface area contributed by atoms with Crippen molar-refractivity contribution in [2.75, 3.05) is 24.9 Å². The molecule has 2 aromatic carbocycles. The molecule has 0 saturated heterocycles. The number of fused-ring (bicyclic) bond motifs is 2. The lowest BCUT2D eigenvalue weighted by atomic mass is 10.3. The Morgan fingerprint density at radius 3 is 1.45 bits per heavy atom. The highest BCUT2D eigenvalue weighted by atomic mass is 32.1. The lowest BCUT2D eigenvalue weighted by molar-refractivity contribution is 0.415. The van der Waals surface area contributed by atoms with Crippen LogP contribution in [0.3, 0.4) is 0 Å². The average molecular weight is 549 g/mol. The van der Waals surface area contributed by atoms with Gasteiger partial charge in [-0.1, -0.05) is 22.7 Å². The van der Waals surface area contributed by atoms with E-state index in [0.717, 1.165) is 54.5 Å². The average Bonchev–Trinajstić information content (AvgIpc) is 3.72. The Kier molecular flexibility index (Phi) is 6.71. The molecular formula is C24H24N10O2S2. The number of rotatable bonds is 11. The standard InChI is InChI=1S/C24H24N10O2S2/c1-35-17-7-3-15(4-8-17)25-13-21-31-33-19(27-29-23(33)37-21)11-12-20-28-30-24-34(20)32-22(38-24)14-26-16-5-9-18(36-2)10-6-16/h3-10,25-26H,11-14H2,1-2H3. The summed E-state index contributed by atoms with van der Waals surface area (Å²) in [7, 11) is 3.31. The van der Waals surface area contributed by atoms with Crippen molar-refractivity contribution in [1.82, 2.24) is 39.6 Å². The zero-order valence-corrected chi connectivity index (χ0v) is 22.3. The van der Waals surface area contributed by atoms with Crippen molar-refractivity contribution in [2.24, 2.45) is 0 Å². The summed E-state index contributed by atoms with van der Waals surface area (Å²) in [6.45, 7) is 1.19. The van der Waals surface area contributed by atoms with Crippen molar-refractivity contribution in [2.45, 2.75) is 25.9 Å². The van der Waals surface area contributed by atoms with Crippen LogP contribution in [0.4, 0.5) is 11.4 Å². The summed E-state index contributed by atoms with van der Waals surface area (Å²) < 4.78 is 14.0. The van der Waals surface area contributed by atoms with Gasteiger partial charge in [0.25, 0.3) is 0 Å². The summed E-state index contributed by atoms with van der Waals surface area (Å²) in [5, 5.41) is 35.3. The number of ether oxygens (including phenoxy) is 2. The first kappa shape index (κ1) is 24.1. The van der Waals surface area contributed by atoms with Crippen LogP contribution >= 0.6 is 22.7 Å². The van der Waals surface area contributed by atoms with Crippen LogP contribution in [0.2, 0.25) is 0 Å². The minimum atomic E-state index is 0.594. The van der Waals surface area contributed by atoms with Crippen LogP contribution in [0.5, 0.6) is 11.5 Å². The van der Waals surface area contributed by atoms with Crippen LogP contribution in [0.25, 0.3) is 9.92 Å². The second kappa shape index (κ2) is 10.6. The summed E-state index contributed by atoms with van der Waals surface area (Å²) in [5.74, 6) is 3.20. The van der Waals surface area contributed by atoms with Gasteiger partial charge >= 0.3 is 0 Å². The fraction of sp³-hybridized carbons (Fsp3) is 0.250. The van der Waals surface area contributed by atoms with Gasteiger partial charge in [-0.2, -0.15) is 19.2 Å². The molecule has 0 aliphatic rings. The minimum absolute atomic E-state index is 0.594. The molecule has 0 atom stereocenters. The van der Waals surface area contributed by atoms with E-state index in [-0.39, 0.29) is 0 Å². The molecule has 0 spiro atoms. The van der Waals surface area contributed by atoms with Crippen molar-refractivity contribution in [3.8, 4) is 11.5 Å². The smallest absolute Gasteiger partial charge is 0.234 e. The summed E-state index contributed by atoms with van der Waals surface area (Å²) in [6, 6.07) is 15.6. The summed E-state index contributed by atoms with van der Waals surface area (Å²) >= 11 is 3.03. The van der Waals surface area contributed by atoms with E-state index in [1.54, 1.807) is 23.3 Å². The largest absolute Gasteiger partial charge is 0.497 e. The molecule has 14 heteroatoms. The van der Waals surface area contributed by atoms with E-state index in [4.69, 9.17) is 19.7 Å². The van der Waals surface area contributed by atoms with E-state index < -0.39 is 0 Å². The predicted octanol–water partition coefficient (Wildman–Crippen LogP) is 3.71. The third-order valence-corrected chi connectivity index (χ3v) is 7.63. The number of hydrogen-bond acceptors (Lipinski definition) is 12. The molecule has 0 amide bonds. The lowest BCUT2D eigenvalue weighted by Gasteiger charge is -2.05. The summed E-state index contributed by atoms with van der Waals surface area (Å²) in [4.78, 5) is 1.52. The normalized spacial score (nSPS) is 11.3. The van der Waals surface area contributed by atoms with E-state index in [2.05, 4.69) is 31.0 Å². The van der Waals surface area contributed by atoms with Crippen molar-refractivity contribution in [3.05, 3.63) is 70.2 Å². The first-order chi connectivity index (χ1) is 18.7. The van der Waals surface area contributed by atoms with Crippen LogP contribution in [0.15, 0.2) is 48.5 Å². The zero-order chi connectivity index (χ0) is 25.9. The topological polar surface area (TPSA) is 129 Å². The van der Waals surface area contributed by atoms with E-state index in [1.165, 1.54) is 22.7 Å². The maximum Gasteiger partial charge on any atom is 0.234 e. The Bertz CT molecular complexity index is 1530. The number of nitrogens with zero attached hydrogens (tertiary/aromatic N) is 8. The Morgan fingerprint density at radius 2 is 1.05 bits per heavy atom. The zero-order valence-electron chi connectivity index (χ0n) is 20.7. The van der Waals surface area contributed by atoms with Crippen molar-refractivity contribution in [3.63, 3.8) is 0 Å². The van der Waals surface area contributed by atoms with Gasteiger partial charge in [0.05, 0.1) is 27.3 Å². The molecule has 2 N–H and O–H groups in total. The molecule has 0 fully saturated rings. The predicted molar refractivity (Wildman–Crippen MR) is 145 cm³/mol. The van der Waals surface area contributed by atoms with Gasteiger partial charge in [-0.3, -0.25) is 0 Å². The maximum atomic E-state index is 5.21. The van der Waals surface area contributed by atoms with Crippen LogP contribution in [0, 0.1) is 0 Å². The molecular weight excluding hydrogens is 524 g/mol. The monoisotopic (exact) mass is 548 g/mol. The third-order valence-electron chi connectivity index (χ3n) is 5.83. The van der Waals surface area contributed by atoms with Crippen molar-refractivity contribution in [1.29, 1.82) is 0 Å². The highest BCUT2D eigenvalue weighted by molar-refractivity contribution is 7.17. The SMILES string of the molecule is COc1ccc(NCc2nn3c(CCc4nnc5sc(CNc6ccc(OC)cc6)nn45)nnc3s2)cc1. The van der Waals surface area contributed by atoms with Crippen LogP contribution in [-0.4, -0.2) is 53.8 Å². The molecule has 0 aliphatic carbocycles. The molecule has 0 saturated carbocycles. The fourth-order valence-electron chi connectivity index (χ4n) is 3.85. The van der Waals surface area contributed by atoms with E-state index in [9.17, 15) is 0 Å². The first-order valence-corrected chi connectivity index (χ1v) is 13.5. The molecule has 12 nitrogen and oxygen atoms in total. The second-order valence-corrected chi connectivity index (χ2v) is 10.4. The number of aromatic nitrogens is 8. The highest BCUT2D eigenvalue weighted by Gasteiger charge is 2.16. The molecule has 6 rings (SSSR count). The van der Waals surface area contributed by atoms with E-state index in [1.807, 2.05) is 48.5 Å². The molecule has 6 aromatic rings. The number of aryl methyl sites for hydroxylation is 2. The Hall–Kier alpha value is -4.30. The maximum absolute atomic E-state index is 5.21. The lowest BCUT2D eigenvalue weighted by Crippen LogP contribution is -2.05. The van der Waals surface area contributed by atoms with Crippen LogP contribution in [0.1, 0.15) is 21.7 Å². The first-order valence-electron chi connectivity index (χ1n) is 11.8. The number of hydrogen-bond donors (Lipinski definition) is 2. The van der Waals surface area contributed by atoms with Gasteiger partial charge in [0.1, 0.15) is 21.5 Å². The molecule has 0 radical (unpaired) electrons. The number of benzene rings is 2. The second-order valence-electron chi connectivity index (χ2n) is 8.28. The molecule has 4 aromatic heterocycles. The highest BCUT2D eigenvalue weighted by Crippen LogP contribution is 2.21. The number of methoxy groups -OCH3 is 2. The third kappa shape index (κ3) is 5.08. The van der Waals surface area contributed by atoms with Crippen molar-refractivity contribution >= 4 is 44.0 Å². The Balaban J connectivity index is 1.08. The molecule has 194 valence electrons. The summed E-state index contributed by atoms with van der Waals surface area (Å²) in [5.41, 5.74) is 1.99. The van der Waals surface area contributed by atoms with E-state index >= 15 is 0 Å². The van der Waals surface area contributed by atoms with Gasteiger partial charge in [-0.15, -0.1) is 20.4 Å². The summed E-state index contributed by atoms with van der Waals surface area (Å²) in [6.07, 6.45) is 1.24. The van der Waals surface area contributed by atoms with Gasteiger partial charge < -0.3 is 20.1 Å². The molecule has 0 unspecified atom stereocenters. The van der Waals surface area contributed by atoms with Gasteiger partial charge in [0.15, 0.2) is 11.6 Å².